The number of carboxylic acid groups (broad SMARTS) is 1. The van der Waals surface area contributed by atoms with Crippen LogP contribution in [0.5, 0.6) is 5.75 Å². The molecule has 27 heavy (non-hydrogen) atoms. The molecule has 2 aliphatic rings. The molecule has 1 unspecified atom stereocenters. The summed E-state index contributed by atoms with van der Waals surface area (Å²) in [4.78, 5) is 13.0. The van der Waals surface area contributed by atoms with Gasteiger partial charge in [-0.25, -0.2) is 4.79 Å². The van der Waals surface area contributed by atoms with Crippen LogP contribution in [0.2, 0.25) is 0 Å². The van der Waals surface area contributed by atoms with Gasteiger partial charge >= 0.3 is 12.1 Å². The molecule has 8 heteroatoms. The summed E-state index contributed by atoms with van der Waals surface area (Å²) in [7, 11) is 0. The highest BCUT2D eigenvalue weighted by Crippen LogP contribution is 2.50. The van der Waals surface area contributed by atoms with Crippen LogP contribution >= 0.6 is 0 Å². The highest BCUT2D eigenvalue weighted by atomic mass is 19.4. The number of carboxylic acids is 1. The van der Waals surface area contributed by atoms with Gasteiger partial charge in [-0.3, -0.25) is 4.90 Å². The molecule has 0 amide bonds. The van der Waals surface area contributed by atoms with Crippen molar-refractivity contribution in [2.75, 3.05) is 39.5 Å². The number of ether oxygens (including phenoxy) is 2. The summed E-state index contributed by atoms with van der Waals surface area (Å²) < 4.78 is 51.5. The molecule has 0 aromatic heterocycles. The number of nitrogens with zero attached hydrogens (tertiary/aromatic N) is 1. The minimum absolute atomic E-state index is 0.0952. The van der Waals surface area contributed by atoms with Crippen molar-refractivity contribution in [3.63, 3.8) is 0 Å². The summed E-state index contributed by atoms with van der Waals surface area (Å²) in [6.45, 7) is 2.32. The van der Waals surface area contributed by atoms with E-state index in [2.05, 4.69) is 0 Å². The van der Waals surface area contributed by atoms with Gasteiger partial charge in [-0.1, -0.05) is 6.07 Å². The topological polar surface area (TPSA) is 59.0 Å². The van der Waals surface area contributed by atoms with E-state index < -0.39 is 23.5 Å². The third-order valence-corrected chi connectivity index (χ3v) is 5.65. The maximum atomic E-state index is 13.5. The summed E-state index contributed by atoms with van der Waals surface area (Å²) >= 11 is 0. The molecule has 2 aliphatic heterocycles. The Morgan fingerprint density at radius 1 is 1.33 bits per heavy atom. The lowest BCUT2D eigenvalue weighted by Gasteiger charge is -2.50. The van der Waals surface area contributed by atoms with E-state index in [9.17, 15) is 18.0 Å². The molecule has 0 saturated carbocycles. The Morgan fingerprint density at radius 2 is 2.07 bits per heavy atom. The highest BCUT2D eigenvalue weighted by Gasteiger charge is 2.55. The molecule has 1 spiro atoms. The Bertz CT molecular complexity index is 659. The lowest BCUT2D eigenvalue weighted by atomic mass is 9.66. The number of halogens is 3. The van der Waals surface area contributed by atoms with Crippen LogP contribution in [0.3, 0.4) is 0 Å². The van der Waals surface area contributed by atoms with Gasteiger partial charge in [0.2, 0.25) is 0 Å². The van der Waals surface area contributed by atoms with E-state index in [1.165, 1.54) is 12.1 Å². The van der Waals surface area contributed by atoms with Gasteiger partial charge in [0.05, 0.1) is 11.5 Å². The standard InChI is InChI=1S/C19H24F3NO4/c20-19(21,22)16-4-7-23(13-18(16)5-9-26-10-6-18)8-11-27-15-3-1-2-14(12-15)17(24)25/h1-3,12,16H,4-11,13H2,(H,24,25). The van der Waals surface area contributed by atoms with Gasteiger partial charge in [-0.2, -0.15) is 13.2 Å². The first-order valence-electron chi connectivity index (χ1n) is 9.13. The molecule has 2 fully saturated rings. The van der Waals surface area contributed by atoms with Crippen molar-refractivity contribution in [2.45, 2.75) is 25.4 Å². The van der Waals surface area contributed by atoms with Crippen LogP contribution in [0.4, 0.5) is 13.2 Å². The number of piperidine rings is 1. The first-order valence-corrected chi connectivity index (χ1v) is 9.13. The number of alkyl halides is 3. The van der Waals surface area contributed by atoms with E-state index in [4.69, 9.17) is 14.6 Å². The van der Waals surface area contributed by atoms with Gasteiger partial charge < -0.3 is 14.6 Å². The molecule has 0 radical (unpaired) electrons. The van der Waals surface area contributed by atoms with Crippen molar-refractivity contribution < 1.29 is 32.5 Å². The monoisotopic (exact) mass is 387 g/mol. The predicted molar refractivity (Wildman–Crippen MR) is 92.0 cm³/mol. The van der Waals surface area contributed by atoms with E-state index in [0.29, 0.717) is 58.0 Å². The van der Waals surface area contributed by atoms with Gasteiger partial charge in [0.25, 0.3) is 0 Å². The second-order valence-corrected chi connectivity index (χ2v) is 7.32. The molecule has 1 atom stereocenters. The largest absolute Gasteiger partial charge is 0.492 e. The van der Waals surface area contributed by atoms with E-state index in [-0.39, 0.29) is 12.0 Å². The zero-order chi connectivity index (χ0) is 19.5. The van der Waals surface area contributed by atoms with Crippen molar-refractivity contribution in [3.8, 4) is 5.75 Å². The Labute approximate surface area is 156 Å². The van der Waals surface area contributed by atoms with Crippen molar-refractivity contribution in [1.82, 2.24) is 4.90 Å². The second kappa shape index (κ2) is 8.06. The van der Waals surface area contributed by atoms with Crippen molar-refractivity contribution in [2.24, 2.45) is 11.3 Å². The minimum Gasteiger partial charge on any atom is -0.492 e. The Hall–Kier alpha value is -1.80. The number of benzene rings is 1. The average Bonchev–Trinajstić information content (AvgIpc) is 2.61. The quantitative estimate of drug-likeness (QED) is 0.839. The maximum Gasteiger partial charge on any atom is 0.392 e. The minimum atomic E-state index is -4.18. The Kier molecular flexibility index (Phi) is 5.95. The molecule has 5 nitrogen and oxygen atoms in total. The molecule has 1 N–H and O–H groups in total. The Balaban J connectivity index is 1.58. The molecule has 0 aliphatic carbocycles. The zero-order valence-corrected chi connectivity index (χ0v) is 15.0. The summed E-state index contributed by atoms with van der Waals surface area (Å²) in [5.74, 6) is -1.87. The van der Waals surface area contributed by atoms with Crippen LogP contribution in [0.15, 0.2) is 24.3 Å². The van der Waals surface area contributed by atoms with E-state index in [1.54, 1.807) is 12.1 Å². The summed E-state index contributed by atoms with van der Waals surface area (Å²) in [6.07, 6.45) is -3.24. The average molecular weight is 387 g/mol. The fourth-order valence-corrected chi connectivity index (χ4v) is 4.25. The van der Waals surface area contributed by atoms with E-state index in [1.807, 2.05) is 4.90 Å². The molecule has 3 rings (SSSR count). The number of hydrogen-bond acceptors (Lipinski definition) is 4. The lowest BCUT2D eigenvalue weighted by Crippen LogP contribution is -2.56. The number of likely N-dealkylation sites (tertiary alicyclic amines) is 1. The van der Waals surface area contributed by atoms with Gasteiger partial charge in [-0.15, -0.1) is 0 Å². The van der Waals surface area contributed by atoms with Crippen LogP contribution in [-0.2, 0) is 4.74 Å². The van der Waals surface area contributed by atoms with Crippen molar-refractivity contribution in [1.29, 1.82) is 0 Å². The van der Waals surface area contributed by atoms with Crippen molar-refractivity contribution >= 4 is 5.97 Å². The lowest BCUT2D eigenvalue weighted by molar-refractivity contribution is -0.235. The fourth-order valence-electron chi connectivity index (χ4n) is 4.25. The first-order chi connectivity index (χ1) is 12.8. The van der Waals surface area contributed by atoms with E-state index in [0.717, 1.165) is 0 Å². The van der Waals surface area contributed by atoms with Crippen LogP contribution in [0, 0.1) is 11.3 Å². The molecular weight excluding hydrogens is 363 g/mol. The normalized spacial score (nSPS) is 23.3. The number of hydrogen-bond donors (Lipinski definition) is 1. The van der Waals surface area contributed by atoms with Gasteiger partial charge in [0.15, 0.2) is 0 Å². The second-order valence-electron chi connectivity index (χ2n) is 7.32. The van der Waals surface area contributed by atoms with Gasteiger partial charge in [0.1, 0.15) is 12.4 Å². The molecule has 2 heterocycles. The third-order valence-electron chi connectivity index (χ3n) is 5.65. The van der Waals surface area contributed by atoms with Crippen LogP contribution in [-0.4, -0.2) is 61.6 Å². The zero-order valence-electron chi connectivity index (χ0n) is 15.0. The number of rotatable bonds is 5. The fraction of sp³-hybridized carbons (Fsp3) is 0.632. The molecule has 0 bridgehead atoms. The predicted octanol–water partition coefficient (Wildman–Crippen LogP) is 3.44. The smallest absolute Gasteiger partial charge is 0.392 e. The van der Waals surface area contributed by atoms with E-state index >= 15 is 0 Å². The van der Waals surface area contributed by atoms with Crippen molar-refractivity contribution in [3.05, 3.63) is 29.8 Å². The number of aromatic carboxylic acids is 1. The maximum absolute atomic E-state index is 13.5. The highest BCUT2D eigenvalue weighted by molar-refractivity contribution is 5.87. The molecule has 150 valence electrons. The van der Waals surface area contributed by atoms with Gasteiger partial charge in [0, 0.05) is 26.3 Å². The first kappa shape index (κ1) is 19.9. The summed E-state index contributed by atoms with van der Waals surface area (Å²) in [5.41, 5.74) is -0.641. The summed E-state index contributed by atoms with van der Waals surface area (Å²) in [5, 5.41) is 9.00. The van der Waals surface area contributed by atoms with Crippen LogP contribution in [0.1, 0.15) is 29.6 Å². The number of carbonyl (C=O) groups is 1. The molecule has 1 aromatic rings. The van der Waals surface area contributed by atoms with Crippen LogP contribution in [0.25, 0.3) is 0 Å². The molecule has 1 aromatic carbocycles. The SMILES string of the molecule is O=C(O)c1cccc(OCCN2CCC(C(F)(F)F)C3(CCOCC3)C2)c1. The Morgan fingerprint density at radius 3 is 2.74 bits per heavy atom. The third kappa shape index (κ3) is 4.73. The summed E-state index contributed by atoms with van der Waals surface area (Å²) in [6, 6.07) is 6.19. The van der Waals surface area contributed by atoms with Gasteiger partial charge in [-0.05, 0) is 49.4 Å². The molecular formula is C19H24F3NO4. The van der Waals surface area contributed by atoms with Crippen LogP contribution < -0.4 is 4.74 Å². The molecule has 2 saturated heterocycles.